The molecule has 0 fully saturated rings. The molecule has 4 rings (SSSR count). The summed E-state index contributed by atoms with van der Waals surface area (Å²) in [6.07, 6.45) is 0.909. The third-order valence-corrected chi connectivity index (χ3v) is 5.18. The summed E-state index contributed by atoms with van der Waals surface area (Å²) >= 11 is 0. The number of para-hydroxylation sites is 2. The van der Waals surface area contributed by atoms with Gasteiger partial charge in [0.15, 0.2) is 5.82 Å². The first-order valence-corrected chi connectivity index (χ1v) is 9.67. The predicted molar refractivity (Wildman–Crippen MR) is 110 cm³/mol. The number of nitrogens with zero attached hydrogens (tertiary/aromatic N) is 5. The third-order valence-electron chi connectivity index (χ3n) is 5.18. The fourth-order valence-electron chi connectivity index (χ4n) is 3.31. The van der Waals surface area contributed by atoms with Crippen LogP contribution in [0.1, 0.15) is 48.3 Å². The Kier molecular flexibility index (Phi) is 5.07. The van der Waals surface area contributed by atoms with Crippen molar-refractivity contribution in [2.24, 2.45) is 5.92 Å². The average molecular weight is 389 g/mol. The summed E-state index contributed by atoms with van der Waals surface area (Å²) in [7, 11) is 0. The van der Waals surface area contributed by atoms with Gasteiger partial charge in [-0.1, -0.05) is 38.5 Å². The van der Waals surface area contributed by atoms with Crippen LogP contribution in [0.4, 0.5) is 0 Å². The lowest BCUT2D eigenvalue weighted by atomic mass is 9.98. The number of amides is 1. The molecule has 1 amide bonds. The lowest BCUT2D eigenvalue weighted by molar-refractivity contribution is 0.0920. The van der Waals surface area contributed by atoms with Crippen molar-refractivity contribution in [3.8, 4) is 5.69 Å². The molecule has 8 nitrogen and oxygen atoms in total. The van der Waals surface area contributed by atoms with Gasteiger partial charge in [0.05, 0.1) is 22.8 Å². The van der Waals surface area contributed by atoms with Crippen molar-refractivity contribution in [3.05, 3.63) is 65.7 Å². The van der Waals surface area contributed by atoms with Gasteiger partial charge in [0, 0.05) is 5.56 Å². The molecule has 0 aliphatic heterocycles. The minimum atomic E-state index is -0.224. The number of imidazole rings is 1. The number of aryl methyl sites for hydroxylation is 1. The number of aromatic amines is 1. The van der Waals surface area contributed by atoms with Crippen molar-refractivity contribution < 1.29 is 4.79 Å². The van der Waals surface area contributed by atoms with Crippen LogP contribution in [-0.2, 0) is 0 Å². The molecule has 0 saturated carbocycles. The van der Waals surface area contributed by atoms with Gasteiger partial charge in [0.25, 0.3) is 5.91 Å². The molecular formula is C21H23N7O. The van der Waals surface area contributed by atoms with Crippen molar-refractivity contribution in [1.82, 2.24) is 35.5 Å². The summed E-state index contributed by atoms with van der Waals surface area (Å²) in [6, 6.07) is 14.9. The molecular weight excluding hydrogens is 366 g/mol. The monoisotopic (exact) mass is 389 g/mol. The number of nitrogens with one attached hydrogen (secondary N) is 2. The quantitative estimate of drug-likeness (QED) is 0.526. The highest BCUT2D eigenvalue weighted by Gasteiger charge is 2.24. The Bertz CT molecular complexity index is 1110. The third kappa shape index (κ3) is 3.73. The van der Waals surface area contributed by atoms with E-state index in [1.165, 1.54) is 0 Å². The number of H-pyrrole nitrogens is 1. The Hall–Kier alpha value is -3.55. The largest absolute Gasteiger partial charge is 0.342 e. The van der Waals surface area contributed by atoms with Gasteiger partial charge in [-0.05, 0) is 53.6 Å². The van der Waals surface area contributed by atoms with E-state index >= 15 is 0 Å². The van der Waals surface area contributed by atoms with Gasteiger partial charge in [-0.2, -0.15) is 4.68 Å². The van der Waals surface area contributed by atoms with Crippen molar-refractivity contribution >= 4 is 16.9 Å². The van der Waals surface area contributed by atoms with Gasteiger partial charge in [-0.25, -0.2) is 4.98 Å². The van der Waals surface area contributed by atoms with Crippen LogP contribution in [0.5, 0.6) is 0 Å². The van der Waals surface area contributed by atoms with E-state index in [9.17, 15) is 4.79 Å². The summed E-state index contributed by atoms with van der Waals surface area (Å²) in [4.78, 5) is 21.1. The van der Waals surface area contributed by atoms with E-state index < -0.39 is 0 Å². The second kappa shape index (κ2) is 7.83. The van der Waals surface area contributed by atoms with Crippen molar-refractivity contribution in [1.29, 1.82) is 0 Å². The lowest BCUT2D eigenvalue weighted by Gasteiger charge is -2.22. The van der Waals surface area contributed by atoms with E-state index in [4.69, 9.17) is 4.98 Å². The highest BCUT2D eigenvalue weighted by molar-refractivity contribution is 5.95. The van der Waals surface area contributed by atoms with E-state index in [0.717, 1.165) is 29.0 Å². The molecule has 2 aromatic heterocycles. The van der Waals surface area contributed by atoms with Crippen molar-refractivity contribution in [3.63, 3.8) is 0 Å². The normalized spacial score (nSPS) is 13.3. The molecule has 2 N–H and O–H groups in total. The molecule has 0 aliphatic rings. The first kappa shape index (κ1) is 18.8. The molecule has 0 spiro atoms. The standard InChI is InChI=1S/C21H23N7O/c1-4-13(2)19(20-22-17-10-5-6-11-18(17)23-20)24-21(29)15-8-7-9-16(12-15)28-14(3)25-26-27-28/h5-13,19H,4H2,1-3H3,(H,22,23)(H,24,29). The van der Waals surface area contributed by atoms with Crippen LogP contribution in [-0.4, -0.2) is 36.1 Å². The number of hydrogen-bond donors (Lipinski definition) is 2. The second-order valence-corrected chi connectivity index (χ2v) is 7.16. The number of rotatable bonds is 6. The number of carbonyl (C=O) groups excluding carboxylic acids is 1. The Morgan fingerprint density at radius 1 is 1.21 bits per heavy atom. The lowest BCUT2D eigenvalue weighted by Crippen LogP contribution is -2.33. The Morgan fingerprint density at radius 2 is 2.03 bits per heavy atom. The number of fused-ring (bicyclic) bond motifs is 1. The molecule has 2 aromatic carbocycles. The minimum Gasteiger partial charge on any atom is -0.342 e. The van der Waals surface area contributed by atoms with E-state index in [1.807, 2.05) is 43.3 Å². The SMILES string of the molecule is CCC(C)C(NC(=O)c1cccc(-n2nnnc2C)c1)c1nc2ccccc2[nH]1. The summed E-state index contributed by atoms with van der Waals surface area (Å²) < 4.78 is 1.60. The van der Waals surface area contributed by atoms with Crippen LogP contribution in [0.2, 0.25) is 0 Å². The number of benzene rings is 2. The van der Waals surface area contributed by atoms with Gasteiger partial charge < -0.3 is 10.3 Å². The van der Waals surface area contributed by atoms with E-state index in [-0.39, 0.29) is 17.9 Å². The van der Waals surface area contributed by atoms with Crippen LogP contribution in [0.25, 0.3) is 16.7 Å². The van der Waals surface area contributed by atoms with Gasteiger partial charge in [0.2, 0.25) is 0 Å². The molecule has 2 atom stereocenters. The number of aromatic nitrogens is 6. The highest BCUT2D eigenvalue weighted by Crippen LogP contribution is 2.25. The van der Waals surface area contributed by atoms with Crippen LogP contribution < -0.4 is 5.32 Å². The maximum absolute atomic E-state index is 13.1. The molecule has 0 radical (unpaired) electrons. The zero-order valence-corrected chi connectivity index (χ0v) is 16.6. The molecule has 2 heterocycles. The molecule has 8 heteroatoms. The highest BCUT2D eigenvalue weighted by atomic mass is 16.1. The summed E-state index contributed by atoms with van der Waals surface area (Å²) in [5.41, 5.74) is 3.13. The minimum absolute atomic E-state index is 0.164. The first-order valence-electron chi connectivity index (χ1n) is 9.67. The molecule has 0 saturated heterocycles. The van der Waals surface area contributed by atoms with Crippen molar-refractivity contribution in [2.45, 2.75) is 33.2 Å². The topological polar surface area (TPSA) is 101 Å². The fraction of sp³-hybridized carbons (Fsp3) is 0.286. The smallest absolute Gasteiger partial charge is 0.251 e. The van der Waals surface area contributed by atoms with E-state index in [0.29, 0.717) is 11.4 Å². The molecule has 4 aromatic rings. The van der Waals surface area contributed by atoms with Gasteiger partial charge >= 0.3 is 0 Å². The van der Waals surface area contributed by atoms with Crippen molar-refractivity contribution in [2.75, 3.05) is 0 Å². The Morgan fingerprint density at radius 3 is 2.76 bits per heavy atom. The zero-order valence-electron chi connectivity index (χ0n) is 16.6. The van der Waals surface area contributed by atoms with Gasteiger partial charge in [0.1, 0.15) is 5.82 Å². The zero-order chi connectivity index (χ0) is 20.4. The molecule has 0 aliphatic carbocycles. The Balaban J connectivity index is 1.63. The van der Waals surface area contributed by atoms with E-state index in [2.05, 4.69) is 39.7 Å². The summed E-state index contributed by atoms with van der Waals surface area (Å²) in [6.45, 7) is 6.03. The van der Waals surface area contributed by atoms with Crippen LogP contribution in [0, 0.1) is 12.8 Å². The van der Waals surface area contributed by atoms with Crippen LogP contribution in [0.15, 0.2) is 48.5 Å². The molecule has 29 heavy (non-hydrogen) atoms. The number of carbonyl (C=O) groups is 1. The van der Waals surface area contributed by atoms with E-state index in [1.54, 1.807) is 16.8 Å². The summed E-state index contributed by atoms with van der Waals surface area (Å²) in [5, 5.41) is 14.7. The number of hydrogen-bond acceptors (Lipinski definition) is 5. The number of tetrazole rings is 1. The summed E-state index contributed by atoms with van der Waals surface area (Å²) in [5.74, 6) is 1.47. The maximum atomic E-state index is 13.1. The van der Waals surface area contributed by atoms with Gasteiger partial charge in [-0.15, -0.1) is 5.10 Å². The van der Waals surface area contributed by atoms with Crippen LogP contribution >= 0.6 is 0 Å². The van der Waals surface area contributed by atoms with Gasteiger partial charge in [-0.3, -0.25) is 4.79 Å². The second-order valence-electron chi connectivity index (χ2n) is 7.16. The Labute approximate surface area is 168 Å². The fourth-order valence-corrected chi connectivity index (χ4v) is 3.31. The average Bonchev–Trinajstić information content (AvgIpc) is 3.37. The van der Waals surface area contributed by atoms with Crippen LogP contribution in [0.3, 0.4) is 0 Å². The molecule has 2 unspecified atom stereocenters. The molecule has 148 valence electrons. The predicted octanol–water partition coefficient (Wildman–Crippen LogP) is 3.36. The first-order chi connectivity index (χ1) is 14.1. The maximum Gasteiger partial charge on any atom is 0.251 e. The molecule has 0 bridgehead atoms.